The lowest BCUT2D eigenvalue weighted by Gasteiger charge is -2.12. The largest absolute Gasteiger partial charge is 0.478 e. The van der Waals surface area contributed by atoms with Crippen LogP contribution in [0.2, 0.25) is 5.02 Å². The Morgan fingerprint density at radius 2 is 2.21 bits per heavy atom. The Hall–Kier alpha value is -1.86. The fourth-order valence-electron chi connectivity index (χ4n) is 1.45. The van der Waals surface area contributed by atoms with Crippen LogP contribution in [-0.2, 0) is 0 Å². The van der Waals surface area contributed by atoms with Crippen LogP contribution in [0.3, 0.4) is 0 Å². The average Bonchev–Trinajstić information content (AvgIpc) is 2.29. The molecule has 0 aliphatic rings. The number of carboxylic acids is 1. The molecule has 7 nitrogen and oxygen atoms in total. The van der Waals surface area contributed by atoms with Crippen molar-refractivity contribution in [3.8, 4) is 0 Å². The first-order valence-electron chi connectivity index (χ1n) is 5.46. The summed E-state index contributed by atoms with van der Waals surface area (Å²) in [5.74, 6) is -1.31. The molecule has 0 aromatic heterocycles. The third-order valence-electron chi connectivity index (χ3n) is 2.38. The van der Waals surface area contributed by atoms with Gasteiger partial charge >= 0.3 is 5.97 Å². The van der Waals surface area contributed by atoms with Gasteiger partial charge in [-0.2, -0.15) is 0 Å². The monoisotopic (exact) mass is 288 g/mol. The molecule has 0 fully saturated rings. The van der Waals surface area contributed by atoms with Crippen LogP contribution in [0.1, 0.15) is 23.7 Å². The number of hydrogen-bond acceptors (Lipinski definition) is 5. The van der Waals surface area contributed by atoms with E-state index in [1.807, 2.05) is 0 Å². The van der Waals surface area contributed by atoms with Crippen LogP contribution in [0.15, 0.2) is 12.1 Å². The minimum atomic E-state index is -1.31. The van der Waals surface area contributed by atoms with E-state index >= 15 is 0 Å². The minimum absolute atomic E-state index is 0.0443. The molecule has 0 heterocycles. The molecule has 1 rings (SSSR count). The molecule has 1 atom stereocenters. The Kier molecular flexibility index (Phi) is 5.08. The highest BCUT2D eigenvalue weighted by Crippen LogP contribution is 2.31. The Balaban J connectivity index is 3.08. The molecule has 1 aromatic carbocycles. The van der Waals surface area contributed by atoms with E-state index in [9.17, 15) is 14.9 Å². The van der Waals surface area contributed by atoms with Crippen LogP contribution in [0, 0.1) is 10.1 Å². The second kappa shape index (κ2) is 6.35. The van der Waals surface area contributed by atoms with Crippen LogP contribution < -0.4 is 5.32 Å². The summed E-state index contributed by atoms with van der Waals surface area (Å²) in [5.41, 5.74) is -0.548. The zero-order chi connectivity index (χ0) is 14.6. The topological polar surface area (TPSA) is 113 Å². The molecule has 104 valence electrons. The number of aliphatic hydroxyl groups excluding tert-OH is 1. The molecule has 0 aliphatic heterocycles. The lowest BCUT2D eigenvalue weighted by molar-refractivity contribution is -0.384. The number of nitro benzene ring substituents is 1. The summed E-state index contributed by atoms with van der Waals surface area (Å²) in [5, 5.41) is 31.5. The fourth-order valence-corrected chi connectivity index (χ4v) is 1.73. The lowest BCUT2D eigenvalue weighted by atomic mass is 10.1. The molecular weight excluding hydrogens is 276 g/mol. The maximum Gasteiger partial charge on any atom is 0.338 e. The van der Waals surface area contributed by atoms with E-state index in [0.29, 0.717) is 13.0 Å². The van der Waals surface area contributed by atoms with E-state index < -0.39 is 17.0 Å². The van der Waals surface area contributed by atoms with Gasteiger partial charge in [0.05, 0.1) is 27.3 Å². The van der Waals surface area contributed by atoms with Gasteiger partial charge in [0.2, 0.25) is 0 Å². The average molecular weight is 289 g/mol. The third kappa shape index (κ3) is 4.08. The second-order valence-electron chi connectivity index (χ2n) is 3.98. The molecule has 0 bridgehead atoms. The fraction of sp³-hybridized carbons (Fsp3) is 0.364. The van der Waals surface area contributed by atoms with Gasteiger partial charge in [0.1, 0.15) is 0 Å². The Morgan fingerprint density at radius 3 is 2.68 bits per heavy atom. The van der Waals surface area contributed by atoms with Crippen LogP contribution in [-0.4, -0.2) is 33.8 Å². The third-order valence-corrected chi connectivity index (χ3v) is 2.68. The van der Waals surface area contributed by atoms with Gasteiger partial charge in [0.15, 0.2) is 0 Å². The quantitative estimate of drug-likeness (QED) is 0.546. The van der Waals surface area contributed by atoms with E-state index in [0.717, 1.165) is 12.1 Å². The van der Waals surface area contributed by atoms with Crippen LogP contribution in [0.4, 0.5) is 11.4 Å². The summed E-state index contributed by atoms with van der Waals surface area (Å²) < 4.78 is 0. The molecule has 19 heavy (non-hydrogen) atoms. The number of aromatic carboxylic acids is 1. The number of aliphatic hydroxyl groups is 1. The number of rotatable bonds is 6. The first kappa shape index (κ1) is 15.2. The van der Waals surface area contributed by atoms with E-state index in [1.165, 1.54) is 0 Å². The van der Waals surface area contributed by atoms with Gasteiger partial charge in [0, 0.05) is 18.7 Å². The minimum Gasteiger partial charge on any atom is -0.478 e. The predicted octanol–water partition coefficient (Wildman–Crippen LogP) is 2.13. The van der Waals surface area contributed by atoms with Crippen molar-refractivity contribution in [1.82, 2.24) is 0 Å². The number of carbonyl (C=O) groups is 1. The van der Waals surface area contributed by atoms with E-state index in [-0.39, 0.29) is 22.0 Å². The van der Waals surface area contributed by atoms with Crippen molar-refractivity contribution < 1.29 is 19.9 Å². The zero-order valence-corrected chi connectivity index (χ0v) is 10.8. The molecule has 8 heteroatoms. The molecule has 0 saturated carbocycles. The summed E-state index contributed by atoms with van der Waals surface area (Å²) in [6.07, 6.45) is -0.149. The number of nitro groups is 1. The molecule has 1 unspecified atom stereocenters. The van der Waals surface area contributed by atoms with Gasteiger partial charge in [0.25, 0.3) is 5.69 Å². The number of hydrogen-bond donors (Lipinski definition) is 3. The molecule has 0 spiro atoms. The van der Waals surface area contributed by atoms with Crippen LogP contribution in [0.25, 0.3) is 0 Å². The summed E-state index contributed by atoms with van der Waals surface area (Å²) in [4.78, 5) is 21.0. The molecule has 1 aromatic rings. The number of halogens is 1. The number of nitrogens with zero attached hydrogens (tertiary/aromatic N) is 1. The zero-order valence-electron chi connectivity index (χ0n) is 10.1. The van der Waals surface area contributed by atoms with Crippen molar-refractivity contribution in [2.75, 3.05) is 11.9 Å². The maximum atomic E-state index is 11.1. The highest BCUT2D eigenvalue weighted by atomic mass is 35.5. The molecule has 0 aliphatic carbocycles. The summed E-state index contributed by atoms with van der Waals surface area (Å²) >= 11 is 5.85. The highest BCUT2D eigenvalue weighted by molar-refractivity contribution is 6.34. The molecule has 0 radical (unpaired) electrons. The molecular formula is C11H13ClN2O5. The van der Waals surface area contributed by atoms with Crippen molar-refractivity contribution in [3.05, 3.63) is 32.8 Å². The molecule has 3 N–H and O–H groups in total. The highest BCUT2D eigenvalue weighted by Gasteiger charge is 2.19. The predicted molar refractivity (Wildman–Crippen MR) is 69.9 cm³/mol. The van der Waals surface area contributed by atoms with E-state index in [4.69, 9.17) is 21.8 Å². The maximum absolute atomic E-state index is 11.1. The van der Waals surface area contributed by atoms with Crippen LogP contribution in [0.5, 0.6) is 0 Å². The van der Waals surface area contributed by atoms with Gasteiger partial charge in [-0.15, -0.1) is 0 Å². The van der Waals surface area contributed by atoms with Crippen molar-refractivity contribution in [2.45, 2.75) is 19.4 Å². The van der Waals surface area contributed by atoms with E-state index in [2.05, 4.69) is 5.32 Å². The first-order chi connectivity index (χ1) is 8.82. The van der Waals surface area contributed by atoms with Crippen molar-refractivity contribution in [2.24, 2.45) is 0 Å². The molecule has 0 saturated heterocycles. The summed E-state index contributed by atoms with van der Waals surface area (Å²) in [6.45, 7) is 1.90. The van der Waals surface area contributed by atoms with E-state index in [1.54, 1.807) is 6.92 Å². The summed E-state index contributed by atoms with van der Waals surface area (Å²) in [6, 6.07) is 2.03. The van der Waals surface area contributed by atoms with Crippen molar-refractivity contribution in [3.63, 3.8) is 0 Å². The van der Waals surface area contributed by atoms with Crippen molar-refractivity contribution in [1.29, 1.82) is 0 Å². The van der Waals surface area contributed by atoms with Crippen LogP contribution >= 0.6 is 11.6 Å². The van der Waals surface area contributed by atoms with Crippen molar-refractivity contribution >= 4 is 28.9 Å². The number of anilines is 1. The normalized spacial score (nSPS) is 11.9. The number of carboxylic acid groups (broad SMARTS) is 1. The number of non-ortho nitro benzene ring substituents is 1. The van der Waals surface area contributed by atoms with Gasteiger partial charge in [-0.05, 0) is 13.3 Å². The second-order valence-corrected chi connectivity index (χ2v) is 4.38. The Morgan fingerprint density at radius 1 is 1.58 bits per heavy atom. The number of benzene rings is 1. The Labute approximate surface area is 114 Å². The van der Waals surface area contributed by atoms with Gasteiger partial charge < -0.3 is 15.5 Å². The molecule has 0 amide bonds. The van der Waals surface area contributed by atoms with Gasteiger partial charge in [-0.25, -0.2) is 4.79 Å². The standard InChI is InChI=1S/C11H13ClN2O5/c1-6(15)2-3-13-10-8(11(16)17)4-7(14(18)19)5-9(10)12/h4-6,13,15H,2-3H2,1H3,(H,16,17). The SMILES string of the molecule is CC(O)CCNc1c(Cl)cc([N+](=O)[O-])cc1C(=O)O. The summed E-state index contributed by atoms with van der Waals surface area (Å²) in [7, 11) is 0. The van der Waals surface area contributed by atoms with Gasteiger partial charge in [-0.1, -0.05) is 11.6 Å². The number of nitrogens with one attached hydrogen (secondary N) is 1. The Bertz CT molecular complexity index is 504. The smallest absolute Gasteiger partial charge is 0.338 e. The lowest BCUT2D eigenvalue weighted by Crippen LogP contribution is -2.13. The first-order valence-corrected chi connectivity index (χ1v) is 5.84. The van der Waals surface area contributed by atoms with Gasteiger partial charge in [-0.3, -0.25) is 10.1 Å².